The van der Waals surface area contributed by atoms with Crippen molar-refractivity contribution in [1.82, 2.24) is 10.3 Å². The van der Waals surface area contributed by atoms with Gasteiger partial charge in [0.15, 0.2) is 5.76 Å². The fraction of sp³-hybridized carbons (Fsp3) is 0.238. The molecule has 2 aromatic carbocycles. The summed E-state index contributed by atoms with van der Waals surface area (Å²) >= 11 is 3.42. The molecular formula is C21H19BrN2O3. The first kappa shape index (κ1) is 17.9. The van der Waals surface area contributed by atoms with Crippen molar-refractivity contribution in [2.75, 3.05) is 13.2 Å². The highest BCUT2D eigenvalue weighted by molar-refractivity contribution is 9.10. The molecule has 1 aliphatic rings. The minimum atomic E-state index is -0.149. The number of halogens is 1. The number of rotatable bonds is 5. The number of nitrogens with one attached hydrogen (secondary N) is 1. The van der Waals surface area contributed by atoms with Crippen molar-refractivity contribution in [2.24, 2.45) is 0 Å². The third-order valence-electron chi connectivity index (χ3n) is 4.55. The Balaban J connectivity index is 1.55. The Morgan fingerprint density at radius 2 is 2.00 bits per heavy atom. The third-order valence-corrected chi connectivity index (χ3v) is 5.08. The molecule has 0 saturated carbocycles. The first-order valence-corrected chi connectivity index (χ1v) is 9.71. The number of carbonyl (C=O) groups is 1. The van der Waals surface area contributed by atoms with E-state index in [1.165, 1.54) is 0 Å². The second-order valence-corrected chi connectivity index (χ2v) is 7.34. The summed E-state index contributed by atoms with van der Waals surface area (Å²) in [6.07, 6.45) is 3.82. The summed E-state index contributed by atoms with van der Waals surface area (Å²) in [6.45, 7) is 1.29. The molecule has 27 heavy (non-hydrogen) atoms. The van der Waals surface area contributed by atoms with Crippen molar-refractivity contribution in [3.8, 4) is 22.8 Å². The van der Waals surface area contributed by atoms with Gasteiger partial charge in [-0.3, -0.25) is 4.79 Å². The lowest BCUT2D eigenvalue weighted by Crippen LogP contribution is -2.32. The predicted octanol–water partition coefficient (Wildman–Crippen LogP) is 4.68. The van der Waals surface area contributed by atoms with Gasteiger partial charge in [0.2, 0.25) is 5.89 Å². The zero-order valence-corrected chi connectivity index (χ0v) is 16.2. The number of hydrogen-bond donors (Lipinski definition) is 1. The van der Waals surface area contributed by atoms with Crippen molar-refractivity contribution in [3.05, 3.63) is 64.8 Å². The topological polar surface area (TPSA) is 64.4 Å². The van der Waals surface area contributed by atoms with Gasteiger partial charge >= 0.3 is 0 Å². The average Bonchev–Trinajstić information content (AvgIpc) is 3.39. The van der Waals surface area contributed by atoms with E-state index in [4.69, 9.17) is 9.15 Å². The van der Waals surface area contributed by atoms with Crippen LogP contribution in [0.15, 0.2) is 63.6 Å². The molecule has 1 aliphatic heterocycles. The van der Waals surface area contributed by atoms with Gasteiger partial charge in [-0.05, 0) is 37.1 Å². The summed E-state index contributed by atoms with van der Waals surface area (Å²) < 4.78 is 12.5. The lowest BCUT2D eigenvalue weighted by molar-refractivity contribution is 0.0858. The van der Waals surface area contributed by atoms with Gasteiger partial charge in [-0.15, -0.1) is 0 Å². The smallest absolute Gasteiger partial charge is 0.252 e. The molecule has 0 radical (unpaired) electrons. The van der Waals surface area contributed by atoms with Crippen LogP contribution < -0.4 is 5.32 Å². The molecular weight excluding hydrogens is 408 g/mol. The van der Waals surface area contributed by atoms with Gasteiger partial charge in [0, 0.05) is 28.8 Å². The van der Waals surface area contributed by atoms with E-state index in [0.29, 0.717) is 29.3 Å². The van der Waals surface area contributed by atoms with Crippen LogP contribution in [0.1, 0.15) is 23.2 Å². The standard InChI is InChI=1S/C21H19BrN2O3/c22-15-9-7-14(8-10-15)19-13-24-21(27-19)18-6-2-1-5-17(18)20(25)23-12-16-4-3-11-26-16/h1-2,5-10,13,16H,3-4,11-12H2,(H,23,25). The van der Waals surface area contributed by atoms with E-state index < -0.39 is 0 Å². The van der Waals surface area contributed by atoms with Gasteiger partial charge in [-0.25, -0.2) is 4.98 Å². The minimum absolute atomic E-state index is 0.104. The van der Waals surface area contributed by atoms with Crippen LogP contribution in [-0.2, 0) is 4.74 Å². The van der Waals surface area contributed by atoms with Crippen molar-refractivity contribution >= 4 is 21.8 Å². The zero-order chi connectivity index (χ0) is 18.6. The van der Waals surface area contributed by atoms with Crippen molar-refractivity contribution in [2.45, 2.75) is 18.9 Å². The molecule has 0 spiro atoms. The summed E-state index contributed by atoms with van der Waals surface area (Å²) in [5.41, 5.74) is 2.14. The molecule has 1 N–H and O–H groups in total. The first-order valence-electron chi connectivity index (χ1n) is 8.91. The first-order chi connectivity index (χ1) is 13.2. The SMILES string of the molecule is O=C(NCC1CCCO1)c1ccccc1-c1ncc(-c2ccc(Br)cc2)o1. The molecule has 3 aromatic rings. The molecule has 138 valence electrons. The molecule has 6 heteroatoms. The average molecular weight is 427 g/mol. The highest BCUT2D eigenvalue weighted by Gasteiger charge is 2.20. The van der Waals surface area contributed by atoms with Gasteiger partial charge < -0.3 is 14.5 Å². The van der Waals surface area contributed by atoms with E-state index >= 15 is 0 Å². The van der Waals surface area contributed by atoms with E-state index in [0.717, 1.165) is 29.5 Å². The quantitative estimate of drug-likeness (QED) is 0.642. The number of oxazole rings is 1. The normalized spacial score (nSPS) is 16.4. The molecule has 1 fully saturated rings. The van der Waals surface area contributed by atoms with Crippen molar-refractivity contribution in [1.29, 1.82) is 0 Å². The molecule has 4 rings (SSSR count). The Kier molecular flexibility index (Phi) is 5.36. The van der Waals surface area contributed by atoms with E-state index in [1.54, 1.807) is 12.3 Å². The van der Waals surface area contributed by atoms with Gasteiger partial charge in [-0.1, -0.05) is 40.2 Å². The van der Waals surface area contributed by atoms with Crippen LogP contribution in [0.4, 0.5) is 0 Å². The van der Waals surface area contributed by atoms with E-state index in [-0.39, 0.29) is 12.0 Å². The molecule has 1 aromatic heterocycles. The van der Waals surface area contributed by atoms with Crippen LogP contribution in [0, 0.1) is 0 Å². The summed E-state index contributed by atoms with van der Waals surface area (Å²) in [6, 6.07) is 15.1. The van der Waals surface area contributed by atoms with Crippen LogP contribution in [0.5, 0.6) is 0 Å². The van der Waals surface area contributed by atoms with Crippen LogP contribution >= 0.6 is 15.9 Å². The van der Waals surface area contributed by atoms with Gasteiger partial charge in [0.05, 0.1) is 17.9 Å². The Labute approximate surface area is 165 Å². The zero-order valence-electron chi connectivity index (χ0n) is 14.7. The number of amides is 1. The van der Waals surface area contributed by atoms with Crippen molar-refractivity contribution in [3.63, 3.8) is 0 Å². The number of benzene rings is 2. The number of nitrogens with zero attached hydrogens (tertiary/aromatic N) is 1. The predicted molar refractivity (Wildman–Crippen MR) is 106 cm³/mol. The Morgan fingerprint density at radius 3 is 2.78 bits per heavy atom. The van der Waals surface area contributed by atoms with Gasteiger partial charge in [0.1, 0.15) is 0 Å². The number of aromatic nitrogens is 1. The maximum absolute atomic E-state index is 12.7. The van der Waals surface area contributed by atoms with E-state index in [9.17, 15) is 4.79 Å². The van der Waals surface area contributed by atoms with Gasteiger partial charge in [-0.2, -0.15) is 0 Å². The monoisotopic (exact) mass is 426 g/mol. The second kappa shape index (κ2) is 8.06. The van der Waals surface area contributed by atoms with Crippen LogP contribution in [0.2, 0.25) is 0 Å². The maximum atomic E-state index is 12.7. The largest absolute Gasteiger partial charge is 0.436 e. The summed E-state index contributed by atoms with van der Waals surface area (Å²) in [4.78, 5) is 17.1. The lowest BCUT2D eigenvalue weighted by Gasteiger charge is -2.12. The molecule has 2 heterocycles. The summed E-state index contributed by atoms with van der Waals surface area (Å²) in [7, 11) is 0. The lowest BCUT2D eigenvalue weighted by atomic mass is 10.1. The molecule has 1 atom stereocenters. The molecule has 1 unspecified atom stereocenters. The van der Waals surface area contributed by atoms with Crippen LogP contribution in [-0.4, -0.2) is 30.1 Å². The maximum Gasteiger partial charge on any atom is 0.252 e. The van der Waals surface area contributed by atoms with E-state index in [1.807, 2.05) is 42.5 Å². The highest BCUT2D eigenvalue weighted by Crippen LogP contribution is 2.29. The Hall–Kier alpha value is -2.44. The fourth-order valence-electron chi connectivity index (χ4n) is 3.12. The van der Waals surface area contributed by atoms with E-state index in [2.05, 4.69) is 26.2 Å². The van der Waals surface area contributed by atoms with Gasteiger partial charge in [0.25, 0.3) is 5.91 Å². The Morgan fingerprint density at radius 1 is 1.19 bits per heavy atom. The number of ether oxygens (including phenoxy) is 1. The summed E-state index contributed by atoms with van der Waals surface area (Å²) in [5.74, 6) is 0.937. The van der Waals surface area contributed by atoms with Crippen LogP contribution in [0.3, 0.4) is 0 Å². The number of carbonyl (C=O) groups excluding carboxylic acids is 1. The summed E-state index contributed by atoms with van der Waals surface area (Å²) in [5, 5.41) is 2.96. The minimum Gasteiger partial charge on any atom is -0.436 e. The molecule has 0 aliphatic carbocycles. The van der Waals surface area contributed by atoms with Crippen molar-refractivity contribution < 1.29 is 13.9 Å². The second-order valence-electron chi connectivity index (χ2n) is 6.43. The molecule has 1 amide bonds. The molecule has 0 bridgehead atoms. The third kappa shape index (κ3) is 4.12. The Bertz CT molecular complexity index is 931. The fourth-order valence-corrected chi connectivity index (χ4v) is 3.39. The van der Waals surface area contributed by atoms with Crippen LogP contribution in [0.25, 0.3) is 22.8 Å². The number of hydrogen-bond acceptors (Lipinski definition) is 4. The molecule has 5 nitrogen and oxygen atoms in total. The molecule has 1 saturated heterocycles. The highest BCUT2D eigenvalue weighted by atomic mass is 79.9.